The van der Waals surface area contributed by atoms with Crippen molar-refractivity contribution in [2.75, 3.05) is 11.1 Å². The number of hydrogen-bond donors (Lipinski definition) is 2. The number of rotatable bonds is 7. The summed E-state index contributed by atoms with van der Waals surface area (Å²) in [5.74, 6) is -0.432. The van der Waals surface area contributed by atoms with Gasteiger partial charge in [-0.25, -0.2) is 0 Å². The van der Waals surface area contributed by atoms with Crippen molar-refractivity contribution >= 4 is 64.0 Å². The number of nitrogens with one attached hydrogen (secondary N) is 1. The standard InChI is InChI=1S/C13H13ClN4O2S3/c1-7(11(20)16-9-5-3-2-4-8(9)14)22-13-18-17-12(23-13)21-6-10(15)19/h2-5,7H,6H2,1H3,(H2,15,19)(H,16,20). The summed E-state index contributed by atoms with van der Waals surface area (Å²) in [5, 5.41) is 10.8. The van der Waals surface area contributed by atoms with E-state index in [1.807, 2.05) is 0 Å². The van der Waals surface area contributed by atoms with Gasteiger partial charge >= 0.3 is 0 Å². The molecule has 0 radical (unpaired) electrons. The first kappa shape index (κ1) is 18.1. The maximum Gasteiger partial charge on any atom is 0.237 e. The van der Waals surface area contributed by atoms with Gasteiger partial charge in [-0.3, -0.25) is 9.59 Å². The summed E-state index contributed by atoms with van der Waals surface area (Å²) in [4.78, 5) is 22.9. The van der Waals surface area contributed by atoms with Crippen molar-refractivity contribution in [1.82, 2.24) is 10.2 Å². The van der Waals surface area contributed by atoms with Crippen LogP contribution in [0.3, 0.4) is 0 Å². The first-order chi connectivity index (χ1) is 11.0. The van der Waals surface area contributed by atoms with E-state index in [9.17, 15) is 9.59 Å². The van der Waals surface area contributed by atoms with Gasteiger partial charge in [0, 0.05) is 0 Å². The minimum atomic E-state index is -0.410. The molecule has 0 spiro atoms. The van der Waals surface area contributed by atoms with Crippen LogP contribution >= 0.6 is 46.5 Å². The quantitative estimate of drug-likeness (QED) is 0.707. The number of nitrogens with two attached hydrogens (primary N) is 1. The van der Waals surface area contributed by atoms with Crippen LogP contribution in [0, 0.1) is 0 Å². The third-order valence-electron chi connectivity index (χ3n) is 2.50. The van der Waals surface area contributed by atoms with Gasteiger partial charge in [0.2, 0.25) is 11.8 Å². The van der Waals surface area contributed by atoms with Crippen LogP contribution in [0.5, 0.6) is 0 Å². The van der Waals surface area contributed by atoms with E-state index in [1.54, 1.807) is 31.2 Å². The van der Waals surface area contributed by atoms with Crippen LogP contribution in [0.15, 0.2) is 32.9 Å². The fourth-order valence-electron chi connectivity index (χ4n) is 1.44. The fourth-order valence-corrected chi connectivity index (χ4v) is 4.52. The summed E-state index contributed by atoms with van der Waals surface area (Å²) in [6, 6.07) is 7.04. The lowest BCUT2D eigenvalue weighted by atomic mass is 10.3. The molecule has 1 unspecified atom stereocenters. The van der Waals surface area contributed by atoms with Gasteiger partial charge in [0.1, 0.15) is 0 Å². The number of anilines is 1. The van der Waals surface area contributed by atoms with Crippen molar-refractivity contribution in [2.45, 2.75) is 20.9 Å². The van der Waals surface area contributed by atoms with Gasteiger partial charge in [-0.05, 0) is 19.1 Å². The van der Waals surface area contributed by atoms with E-state index in [0.717, 1.165) is 0 Å². The molecule has 23 heavy (non-hydrogen) atoms. The van der Waals surface area contributed by atoms with Crippen molar-refractivity contribution in [3.05, 3.63) is 29.3 Å². The molecule has 1 aromatic carbocycles. The third-order valence-corrected chi connectivity index (χ3v) is 6.10. The molecule has 0 aliphatic heterocycles. The molecule has 6 nitrogen and oxygen atoms in total. The molecule has 122 valence electrons. The van der Waals surface area contributed by atoms with E-state index in [4.69, 9.17) is 17.3 Å². The Morgan fingerprint density at radius 2 is 2.04 bits per heavy atom. The summed E-state index contributed by atoms with van der Waals surface area (Å²) in [6.45, 7) is 1.77. The van der Waals surface area contributed by atoms with E-state index in [-0.39, 0.29) is 16.9 Å². The van der Waals surface area contributed by atoms with Crippen molar-refractivity contribution in [3.63, 3.8) is 0 Å². The summed E-state index contributed by atoms with van der Waals surface area (Å²) >= 11 is 9.86. The Kier molecular flexibility index (Phi) is 6.70. The van der Waals surface area contributed by atoms with Crippen LogP contribution in [0.1, 0.15) is 6.92 Å². The number of benzene rings is 1. The molecule has 3 N–H and O–H groups in total. The van der Waals surface area contributed by atoms with Gasteiger partial charge < -0.3 is 11.1 Å². The van der Waals surface area contributed by atoms with E-state index in [0.29, 0.717) is 19.4 Å². The number of amides is 2. The van der Waals surface area contributed by atoms with Crippen LogP contribution in [0.4, 0.5) is 5.69 Å². The van der Waals surface area contributed by atoms with E-state index in [2.05, 4.69) is 15.5 Å². The van der Waals surface area contributed by atoms with Gasteiger partial charge in [-0.15, -0.1) is 10.2 Å². The average molecular weight is 389 g/mol. The smallest absolute Gasteiger partial charge is 0.237 e. The molecular formula is C13H13ClN4O2S3. The molecule has 2 aromatic rings. The highest BCUT2D eigenvalue weighted by Gasteiger charge is 2.18. The number of aromatic nitrogens is 2. The zero-order valence-corrected chi connectivity index (χ0v) is 15.2. The minimum absolute atomic E-state index is 0.155. The second kappa shape index (κ2) is 8.53. The summed E-state index contributed by atoms with van der Waals surface area (Å²) in [7, 11) is 0. The summed E-state index contributed by atoms with van der Waals surface area (Å²) in [6.07, 6.45) is 0. The number of primary amides is 1. The Hall–Kier alpha value is -1.29. The highest BCUT2D eigenvalue weighted by atomic mass is 35.5. The van der Waals surface area contributed by atoms with Crippen LogP contribution < -0.4 is 11.1 Å². The molecule has 0 saturated carbocycles. The Balaban J connectivity index is 1.91. The van der Waals surface area contributed by atoms with Gasteiger partial charge in [0.15, 0.2) is 8.68 Å². The van der Waals surface area contributed by atoms with E-state index < -0.39 is 5.91 Å². The first-order valence-electron chi connectivity index (χ1n) is 6.42. The Morgan fingerprint density at radius 1 is 1.35 bits per heavy atom. The molecule has 0 saturated heterocycles. The predicted octanol–water partition coefficient (Wildman–Crippen LogP) is 2.89. The molecule has 2 amide bonds. The Labute approximate surface area is 150 Å². The topological polar surface area (TPSA) is 98.0 Å². The molecule has 1 heterocycles. The third kappa shape index (κ3) is 5.69. The van der Waals surface area contributed by atoms with Crippen LogP contribution in [-0.4, -0.2) is 33.0 Å². The largest absolute Gasteiger partial charge is 0.369 e. The molecular weight excluding hydrogens is 376 g/mol. The SMILES string of the molecule is CC(Sc1nnc(SCC(N)=O)s1)C(=O)Nc1ccccc1Cl. The van der Waals surface area contributed by atoms with E-state index in [1.165, 1.54) is 34.9 Å². The number of carbonyl (C=O) groups is 2. The van der Waals surface area contributed by atoms with Crippen LogP contribution in [-0.2, 0) is 9.59 Å². The Bertz CT molecular complexity index is 710. The Morgan fingerprint density at radius 3 is 2.74 bits per heavy atom. The van der Waals surface area contributed by atoms with Crippen molar-refractivity contribution < 1.29 is 9.59 Å². The monoisotopic (exact) mass is 388 g/mol. The molecule has 0 aliphatic carbocycles. The van der Waals surface area contributed by atoms with Gasteiger partial charge in [0.25, 0.3) is 0 Å². The first-order valence-corrected chi connectivity index (χ1v) is 9.48. The zero-order chi connectivity index (χ0) is 16.8. The zero-order valence-electron chi connectivity index (χ0n) is 12.0. The lowest BCUT2D eigenvalue weighted by Gasteiger charge is -2.11. The molecule has 1 atom stereocenters. The summed E-state index contributed by atoms with van der Waals surface area (Å²) in [5.41, 5.74) is 5.65. The maximum atomic E-state index is 12.2. The minimum Gasteiger partial charge on any atom is -0.369 e. The number of hydrogen-bond acceptors (Lipinski definition) is 7. The lowest BCUT2D eigenvalue weighted by molar-refractivity contribution is -0.116. The van der Waals surface area contributed by atoms with Gasteiger partial charge in [-0.2, -0.15) is 0 Å². The number of carbonyl (C=O) groups excluding carboxylic acids is 2. The van der Waals surface area contributed by atoms with Gasteiger partial charge in [0.05, 0.1) is 21.7 Å². The number of nitrogens with zero attached hydrogens (tertiary/aromatic N) is 2. The van der Waals surface area contributed by atoms with Crippen LogP contribution in [0.2, 0.25) is 5.02 Å². The summed E-state index contributed by atoms with van der Waals surface area (Å²) < 4.78 is 1.30. The number of thioether (sulfide) groups is 2. The molecule has 2 rings (SSSR count). The lowest BCUT2D eigenvalue weighted by Crippen LogP contribution is -2.22. The second-order valence-corrected chi connectivity index (χ2v) is 8.51. The average Bonchev–Trinajstić information content (AvgIpc) is 2.95. The highest BCUT2D eigenvalue weighted by Crippen LogP contribution is 2.31. The number of para-hydroxylation sites is 1. The fraction of sp³-hybridized carbons (Fsp3) is 0.231. The molecule has 10 heteroatoms. The van der Waals surface area contributed by atoms with Crippen molar-refractivity contribution in [1.29, 1.82) is 0 Å². The normalized spacial score (nSPS) is 11.9. The van der Waals surface area contributed by atoms with Crippen LogP contribution in [0.25, 0.3) is 0 Å². The molecule has 0 fully saturated rings. The van der Waals surface area contributed by atoms with Crippen molar-refractivity contribution in [2.24, 2.45) is 5.73 Å². The van der Waals surface area contributed by atoms with Crippen molar-refractivity contribution in [3.8, 4) is 0 Å². The molecule has 0 bridgehead atoms. The van der Waals surface area contributed by atoms with Gasteiger partial charge in [-0.1, -0.05) is 58.6 Å². The maximum absolute atomic E-state index is 12.2. The van der Waals surface area contributed by atoms with E-state index >= 15 is 0 Å². The predicted molar refractivity (Wildman–Crippen MR) is 95.2 cm³/mol. The second-order valence-electron chi connectivity index (χ2n) is 4.32. The molecule has 0 aliphatic rings. The molecule has 1 aromatic heterocycles. The highest BCUT2D eigenvalue weighted by molar-refractivity contribution is 8.04. The number of halogens is 1.